The van der Waals surface area contributed by atoms with E-state index in [1.54, 1.807) is 54.6 Å². The molecular weight excluding hydrogens is 843 g/mol. The number of carboxylic acid groups (broad SMARTS) is 3. The molecule has 0 unspecified atom stereocenters. The molecular formula is C48H39AlO15. The van der Waals surface area contributed by atoms with Gasteiger partial charge in [0.2, 0.25) is 0 Å². The maximum Gasteiger partial charge on any atom is 3.00 e. The van der Waals surface area contributed by atoms with Gasteiger partial charge in [-0.1, -0.05) is 72.8 Å². The Labute approximate surface area is 377 Å². The van der Waals surface area contributed by atoms with Gasteiger partial charge < -0.3 is 59.2 Å². The third kappa shape index (κ3) is 13.5. The number of para-hydroxylation sites is 6. The average molecular weight is 883 g/mol. The molecule has 64 heavy (non-hydrogen) atoms. The summed E-state index contributed by atoms with van der Waals surface area (Å²) in [7, 11) is 0. The van der Waals surface area contributed by atoms with Crippen molar-refractivity contribution in [2.45, 2.75) is 40.6 Å². The van der Waals surface area contributed by atoms with Crippen LogP contribution in [0.25, 0.3) is 0 Å². The quantitative estimate of drug-likeness (QED) is 0.0963. The molecule has 6 rings (SSSR count). The Balaban J connectivity index is 0.000000253. The van der Waals surface area contributed by atoms with Crippen molar-refractivity contribution in [2.75, 3.05) is 0 Å². The minimum absolute atomic E-state index is 0. The van der Waals surface area contributed by atoms with Gasteiger partial charge in [-0.3, -0.25) is 14.4 Å². The Morgan fingerprint density at radius 1 is 0.375 bits per heavy atom. The summed E-state index contributed by atoms with van der Waals surface area (Å²) >= 11 is 0. The van der Waals surface area contributed by atoms with Crippen LogP contribution in [-0.4, -0.2) is 67.9 Å². The number of hydrogen-bond donors (Lipinski definition) is 3. The molecule has 0 spiro atoms. The third-order valence-electron chi connectivity index (χ3n) is 8.93. The standard InChI is InChI=1S/3C16H14O5.Al/c3*1-10(17)12-6-4-7-13(16(19)20)15(12)21-9-11-5-2-3-8-14(11)18;/h3*2-8,18H,9H2,1H3,(H,19,20);/q;;;+3/p-3. The molecule has 15 nitrogen and oxygen atoms in total. The molecule has 0 aliphatic carbocycles. The van der Waals surface area contributed by atoms with E-state index in [9.17, 15) is 59.4 Å². The zero-order chi connectivity index (χ0) is 46.2. The second-order valence-electron chi connectivity index (χ2n) is 13.3. The van der Waals surface area contributed by atoms with Gasteiger partial charge in [-0.2, -0.15) is 0 Å². The molecule has 0 radical (unpaired) electrons. The fourth-order valence-corrected chi connectivity index (χ4v) is 5.74. The van der Waals surface area contributed by atoms with Gasteiger partial charge >= 0.3 is 17.4 Å². The zero-order valence-electron chi connectivity index (χ0n) is 34.6. The minimum atomic E-state index is -1.43. The summed E-state index contributed by atoms with van der Waals surface area (Å²) < 4.78 is 16.4. The normalized spacial score (nSPS) is 9.98. The molecule has 0 aliphatic heterocycles. The van der Waals surface area contributed by atoms with Crippen LogP contribution in [0.3, 0.4) is 0 Å². The van der Waals surface area contributed by atoms with Crippen molar-refractivity contribution in [3.05, 3.63) is 177 Å². The van der Waals surface area contributed by atoms with E-state index in [1.807, 2.05) is 0 Å². The summed E-state index contributed by atoms with van der Waals surface area (Å²) in [6.45, 7) is 3.79. The molecule has 3 N–H and O–H groups in total. The number of carbonyl (C=O) groups is 6. The van der Waals surface area contributed by atoms with Crippen molar-refractivity contribution in [1.82, 2.24) is 0 Å². The fourth-order valence-electron chi connectivity index (χ4n) is 5.74. The van der Waals surface area contributed by atoms with Crippen LogP contribution in [0.5, 0.6) is 34.5 Å². The molecule has 324 valence electrons. The van der Waals surface area contributed by atoms with Gasteiger partial charge in [-0.25, -0.2) is 0 Å². The topological polar surface area (TPSA) is 260 Å². The molecule has 0 bridgehead atoms. The van der Waals surface area contributed by atoms with Crippen molar-refractivity contribution in [3.8, 4) is 34.5 Å². The number of hydrogen-bond acceptors (Lipinski definition) is 15. The van der Waals surface area contributed by atoms with E-state index in [4.69, 9.17) is 14.2 Å². The number of aromatic carboxylic acids is 3. The molecule has 0 saturated heterocycles. The van der Waals surface area contributed by atoms with Crippen molar-refractivity contribution in [2.24, 2.45) is 0 Å². The van der Waals surface area contributed by atoms with Crippen LogP contribution in [0.1, 0.15) is 99.6 Å². The number of ketones is 3. The van der Waals surface area contributed by atoms with E-state index in [1.165, 1.54) is 93.6 Å². The summed E-state index contributed by atoms with van der Waals surface area (Å²) in [6.07, 6.45) is 0. The number of carboxylic acids is 3. The molecule has 0 aromatic heterocycles. The van der Waals surface area contributed by atoms with Gasteiger partial charge in [0.05, 0.1) is 34.6 Å². The summed E-state index contributed by atoms with van der Waals surface area (Å²) in [6, 6.07) is 32.3. The van der Waals surface area contributed by atoms with Crippen LogP contribution >= 0.6 is 0 Å². The van der Waals surface area contributed by atoms with Crippen LogP contribution < -0.4 is 29.5 Å². The number of rotatable bonds is 15. The van der Waals surface area contributed by atoms with E-state index in [2.05, 4.69) is 0 Å². The minimum Gasteiger partial charge on any atom is -0.545 e. The number of phenolic OH excluding ortho intramolecular Hbond substituents is 3. The molecule has 0 aliphatic rings. The first-order chi connectivity index (χ1) is 30.0. The molecule has 6 aromatic rings. The third-order valence-corrected chi connectivity index (χ3v) is 8.93. The molecule has 16 heteroatoms. The van der Waals surface area contributed by atoms with E-state index < -0.39 is 17.9 Å². The predicted octanol–water partition coefficient (Wildman–Crippen LogP) is 4.23. The van der Waals surface area contributed by atoms with E-state index >= 15 is 0 Å². The van der Waals surface area contributed by atoms with Crippen LogP contribution in [0.15, 0.2) is 127 Å². The number of phenols is 3. The first-order valence-corrected chi connectivity index (χ1v) is 18.8. The monoisotopic (exact) mass is 882 g/mol. The van der Waals surface area contributed by atoms with Gasteiger partial charge in [-0.15, -0.1) is 0 Å². The molecule has 0 atom stereocenters. The van der Waals surface area contributed by atoms with E-state index in [-0.39, 0.29) is 122 Å². The number of carbonyl (C=O) groups excluding carboxylic acids is 6. The van der Waals surface area contributed by atoms with E-state index in [0.717, 1.165) is 0 Å². The van der Waals surface area contributed by atoms with Crippen LogP contribution in [0.4, 0.5) is 0 Å². The van der Waals surface area contributed by atoms with Gasteiger partial charge in [0.15, 0.2) is 17.3 Å². The Morgan fingerprint density at radius 2 is 0.594 bits per heavy atom. The molecule has 0 saturated carbocycles. The van der Waals surface area contributed by atoms with Crippen molar-refractivity contribution in [3.63, 3.8) is 0 Å². The second-order valence-corrected chi connectivity index (χ2v) is 13.3. The van der Waals surface area contributed by atoms with Crippen LogP contribution in [0, 0.1) is 0 Å². The molecule has 0 fully saturated rings. The first-order valence-electron chi connectivity index (χ1n) is 18.8. The number of benzene rings is 6. The largest absolute Gasteiger partial charge is 3.00 e. The van der Waals surface area contributed by atoms with Crippen molar-refractivity contribution >= 4 is 52.6 Å². The summed E-state index contributed by atoms with van der Waals surface area (Å²) in [5, 5.41) is 62.4. The van der Waals surface area contributed by atoms with Crippen LogP contribution in [0.2, 0.25) is 0 Å². The fraction of sp³-hybridized carbons (Fsp3) is 0.125. The Bertz CT molecular complexity index is 2270. The van der Waals surface area contributed by atoms with E-state index in [0.29, 0.717) is 16.7 Å². The Kier molecular flexibility index (Phi) is 18.8. The van der Waals surface area contributed by atoms with Gasteiger partial charge in [-0.05, 0) is 75.4 Å². The average Bonchev–Trinajstić information content (AvgIpc) is 3.25. The SMILES string of the molecule is CC(=O)c1cccc(C(=O)[O-])c1OCc1ccccc1O.CC(=O)c1cccc(C(=O)[O-])c1OCc1ccccc1O.CC(=O)c1cccc(C(=O)[O-])c1OCc1ccccc1O.[Al+3]. The Morgan fingerprint density at radius 3 is 0.797 bits per heavy atom. The van der Waals surface area contributed by atoms with Crippen LogP contribution in [-0.2, 0) is 19.8 Å². The summed E-state index contributed by atoms with van der Waals surface area (Å²) in [5.41, 5.74) is 1.35. The summed E-state index contributed by atoms with van der Waals surface area (Å²) in [4.78, 5) is 68.1. The molecule has 0 heterocycles. The van der Waals surface area contributed by atoms with Crippen molar-refractivity contribution < 1.29 is 73.6 Å². The van der Waals surface area contributed by atoms with Gasteiger partial charge in [0, 0.05) is 33.4 Å². The maximum absolute atomic E-state index is 11.6. The number of ether oxygens (including phenoxy) is 3. The van der Waals surface area contributed by atoms with Gasteiger partial charge in [0.1, 0.15) is 54.3 Å². The Hall–Kier alpha value is -7.93. The first kappa shape index (κ1) is 50.4. The molecule has 6 aromatic carbocycles. The maximum atomic E-state index is 11.6. The number of Topliss-reactive ketones (excluding diaryl/α,β-unsaturated/α-hetero) is 3. The summed E-state index contributed by atoms with van der Waals surface area (Å²) in [5.74, 6) is -5.26. The molecule has 0 amide bonds. The van der Waals surface area contributed by atoms with Gasteiger partial charge in [0.25, 0.3) is 0 Å². The van der Waals surface area contributed by atoms with Crippen molar-refractivity contribution in [1.29, 1.82) is 0 Å². The number of aromatic hydroxyl groups is 3. The predicted molar refractivity (Wildman–Crippen MR) is 225 cm³/mol. The second kappa shape index (κ2) is 23.9. The zero-order valence-corrected chi connectivity index (χ0v) is 35.7. The smallest absolute Gasteiger partial charge is 0.545 e.